The van der Waals surface area contributed by atoms with Gasteiger partial charge in [-0.15, -0.1) is 0 Å². The molecule has 0 radical (unpaired) electrons. The first-order valence-corrected chi connectivity index (χ1v) is 10.6. The number of hydrogen-bond donors (Lipinski definition) is 1. The molecule has 2 aromatic carbocycles. The number of rotatable bonds is 7. The molecule has 0 unspecified atom stereocenters. The summed E-state index contributed by atoms with van der Waals surface area (Å²) in [6.45, 7) is 2.19. The standard InChI is InChI=1S/C19H22N4O5S/c24-19(20-17-8-4-5-9-18(17)23(25)26)10-11-21-12-14-22(15-13-21)29(27,28)16-6-2-1-3-7-16/h1-9H,10-15H2,(H,20,24). The van der Waals surface area contributed by atoms with Gasteiger partial charge in [0.15, 0.2) is 0 Å². The van der Waals surface area contributed by atoms with E-state index in [1.165, 1.54) is 22.5 Å². The summed E-state index contributed by atoms with van der Waals surface area (Å²) < 4.78 is 26.7. The van der Waals surface area contributed by atoms with E-state index in [4.69, 9.17) is 0 Å². The molecule has 29 heavy (non-hydrogen) atoms. The van der Waals surface area contributed by atoms with Crippen LogP contribution in [0, 0.1) is 10.1 Å². The minimum Gasteiger partial charge on any atom is -0.320 e. The average Bonchev–Trinajstić information content (AvgIpc) is 2.73. The number of carbonyl (C=O) groups excluding carboxylic acids is 1. The summed E-state index contributed by atoms with van der Waals surface area (Å²) in [5.41, 5.74) is 0.0156. The largest absolute Gasteiger partial charge is 0.320 e. The fourth-order valence-corrected chi connectivity index (χ4v) is 4.59. The van der Waals surface area contributed by atoms with Gasteiger partial charge >= 0.3 is 0 Å². The predicted octanol–water partition coefficient (Wildman–Crippen LogP) is 1.93. The normalized spacial score (nSPS) is 15.7. The predicted molar refractivity (Wildman–Crippen MR) is 108 cm³/mol. The van der Waals surface area contributed by atoms with Gasteiger partial charge in [-0.3, -0.25) is 14.9 Å². The van der Waals surface area contributed by atoms with Crippen molar-refractivity contribution in [3.05, 3.63) is 64.7 Å². The molecule has 1 fully saturated rings. The maximum Gasteiger partial charge on any atom is 0.292 e. The van der Waals surface area contributed by atoms with Crippen molar-refractivity contribution in [1.82, 2.24) is 9.21 Å². The summed E-state index contributed by atoms with van der Waals surface area (Å²) in [4.78, 5) is 24.9. The number of benzene rings is 2. The number of para-hydroxylation sites is 2. The lowest BCUT2D eigenvalue weighted by molar-refractivity contribution is -0.383. The molecule has 1 amide bonds. The van der Waals surface area contributed by atoms with E-state index in [1.54, 1.807) is 36.4 Å². The van der Waals surface area contributed by atoms with E-state index in [9.17, 15) is 23.3 Å². The number of nitro benzene ring substituents is 1. The van der Waals surface area contributed by atoms with E-state index < -0.39 is 14.9 Å². The minimum absolute atomic E-state index is 0.152. The van der Waals surface area contributed by atoms with Gasteiger partial charge in [0.1, 0.15) is 5.69 Å². The fraction of sp³-hybridized carbons (Fsp3) is 0.316. The topological polar surface area (TPSA) is 113 Å². The number of nitro groups is 1. The van der Waals surface area contributed by atoms with Crippen molar-refractivity contribution in [3.8, 4) is 0 Å². The van der Waals surface area contributed by atoms with Crippen molar-refractivity contribution >= 4 is 27.3 Å². The van der Waals surface area contributed by atoms with Gasteiger partial charge in [0.05, 0.1) is 9.82 Å². The third-order valence-electron chi connectivity index (χ3n) is 4.74. The number of sulfonamides is 1. The molecule has 1 N–H and O–H groups in total. The van der Waals surface area contributed by atoms with Crippen LogP contribution in [0.5, 0.6) is 0 Å². The molecule has 0 aromatic heterocycles. The van der Waals surface area contributed by atoms with E-state index in [0.717, 1.165) is 0 Å². The summed E-state index contributed by atoms with van der Waals surface area (Å²) >= 11 is 0. The molecule has 0 bridgehead atoms. The number of hydrogen-bond acceptors (Lipinski definition) is 6. The van der Waals surface area contributed by atoms with Crippen LogP contribution in [0.15, 0.2) is 59.5 Å². The summed E-state index contributed by atoms with van der Waals surface area (Å²) in [6.07, 6.45) is 0.164. The Hall–Kier alpha value is -2.82. The third-order valence-corrected chi connectivity index (χ3v) is 6.66. The zero-order valence-electron chi connectivity index (χ0n) is 15.7. The smallest absolute Gasteiger partial charge is 0.292 e. The highest BCUT2D eigenvalue weighted by Gasteiger charge is 2.28. The highest BCUT2D eigenvalue weighted by Crippen LogP contribution is 2.23. The Morgan fingerprint density at radius 1 is 1.00 bits per heavy atom. The molecule has 1 heterocycles. The highest BCUT2D eigenvalue weighted by molar-refractivity contribution is 7.89. The SMILES string of the molecule is O=C(CCN1CCN(S(=O)(=O)c2ccccc2)CC1)Nc1ccccc1[N+](=O)[O-]. The Morgan fingerprint density at radius 2 is 1.62 bits per heavy atom. The van der Waals surface area contributed by atoms with Crippen molar-refractivity contribution in [2.24, 2.45) is 0 Å². The quantitative estimate of drug-likeness (QED) is 0.543. The molecule has 0 spiro atoms. The van der Waals surface area contributed by atoms with Gasteiger partial charge < -0.3 is 10.2 Å². The van der Waals surface area contributed by atoms with Crippen LogP contribution in [0.25, 0.3) is 0 Å². The number of anilines is 1. The van der Waals surface area contributed by atoms with Crippen LogP contribution in [0.1, 0.15) is 6.42 Å². The van der Waals surface area contributed by atoms with Crippen LogP contribution in [0.3, 0.4) is 0 Å². The zero-order chi connectivity index (χ0) is 20.9. The second-order valence-electron chi connectivity index (χ2n) is 6.63. The molecule has 0 aliphatic carbocycles. The highest BCUT2D eigenvalue weighted by atomic mass is 32.2. The average molecular weight is 418 g/mol. The lowest BCUT2D eigenvalue weighted by Crippen LogP contribution is -2.49. The molecule has 9 nitrogen and oxygen atoms in total. The van der Waals surface area contributed by atoms with E-state index >= 15 is 0 Å². The summed E-state index contributed by atoms with van der Waals surface area (Å²) in [5.74, 6) is -0.321. The van der Waals surface area contributed by atoms with Gasteiger partial charge in [-0.25, -0.2) is 8.42 Å². The lowest BCUT2D eigenvalue weighted by Gasteiger charge is -2.33. The maximum absolute atomic E-state index is 12.6. The number of piperazine rings is 1. The Balaban J connectivity index is 1.49. The molecule has 154 valence electrons. The molecule has 2 aromatic rings. The van der Waals surface area contributed by atoms with Crippen molar-refractivity contribution in [3.63, 3.8) is 0 Å². The minimum atomic E-state index is -3.51. The van der Waals surface area contributed by atoms with Crippen molar-refractivity contribution < 1.29 is 18.1 Å². The first-order valence-electron chi connectivity index (χ1n) is 9.19. The fourth-order valence-electron chi connectivity index (χ4n) is 3.15. The molecule has 1 aliphatic heterocycles. The maximum atomic E-state index is 12.6. The summed E-state index contributed by atoms with van der Waals surface area (Å²) in [7, 11) is -3.51. The van der Waals surface area contributed by atoms with Crippen LogP contribution in [0.2, 0.25) is 0 Å². The Bertz CT molecular complexity index is 973. The number of nitrogens with one attached hydrogen (secondary N) is 1. The van der Waals surface area contributed by atoms with E-state index in [2.05, 4.69) is 5.32 Å². The molecule has 0 saturated carbocycles. The Labute approximate surface area is 169 Å². The molecular weight excluding hydrogens is 396 g/mol. The van der Waals surface area contributed by atoms with Crippen LogP contribution >= 0.6 is 0 Å². The monoisotopic (exact) mass is 418 g/mol. The zero-order valence-corrected chi connectivity index (χ0v) is 16.5. The Kier molecular flexibility index (Phi) is 6.57. The second kappa shape index (κ2) is 9.12. The van der Waals surface area contributed by atoms with Crippen LogP contribution in [-0.2, 0) is 14.8 Å². The van der Waals surface area contributed by atoms with Gasteiger partial charge in [0.2, 0.25) is 15.9 Å². The second-order valence-corrected chi connectivity index (χ2v) is 8.57. The van der Waals surface area contributed by atoms with Crippen molar-refractivity contribution in [2.75, 3.05) is 38.0 Å². The van der Waals surface area contributed by atoms with Crippen molar-refractivity contribution in [1.29, 1.82) is 0 Å². The van der Waals surface area contributed by atoms with Crippen molar-refractivity contribution in [2.45, 2.75) is 11.3 Å². The molecule has 1 aliphatic rings. The van der Waals surface area contributed by atoms with Gasteiger partial charge in [0, 0.05) is 45.2 Å². The first-order chi connectivity index (χ1) is 13.9. The van der Waals surface area contributed by atoms with E-state index in [-0.39, 0.29) is 28.6 Å². The summed E-state index contributed by atoms with van der Waals surface area (Å²) in [6, 6.07) is 14.3. The number of carbonyl (C=O) groups is 1. The van der Waals surface area contributed by atoms with Crippen LogP contribution < -0.4 is 5.32 Å². The molecular formula is C19H22N4O5S. The van der Waals surface area contributed by atoms with Crippen LogP contribution in [-0.4, -0.2) is 61.2 Å². The Morgan fingerprint density at radius 3 is 2.28 bits per heavy atom. The summed E-state index contributed by atoms with van der Waals surface area (Å²) in [5, 5.41) is 13.6. The van der Waals surface area contributed by atoms with Gasteiger partial charge in [-0.05, 0) is 18.2 Å². The third kappa shape index (κ3) is 5.17. The molecule has 1 saturated heterocycles. The number of amides is 1. The molecule has 3 rings (SSSR count). The van der Waals surface area contributed by atoms with Gasteiger partial charge in [-0.2, -0.15) is 4.31 Å². The van der Waals surface area contributed by atoms with Crippen LogP contribution in [0.4, 0.5) is 11.4 Å². The van der Waals surface area contributed by atoms with Gasteiger partial charge in [0.25, 0.3) is 5.69 Å². The lowest BCUT2D eigenvalue weighted by atomic mass is 10.2. The number of nitrogens with zero attached hydrogens (tertiary/aromatic N) is 3. The van der Waals surface area contributed by atoms with E-state index in [1.807, 2.05) is 4.90 Å². The first kappa shape index (κ1) is 20.9. The molecule has 10 heteroatoms. The van der Waals surface area contributed by atoms with E-state index in [0.29, 0.717) is 32.7 Å². The molecule has 0 atom stereocenters. The van der Waals surface area contributed by atoms with Gasteiger partial charge in [-0.1, -0.05) is 30.3 Å².